The molecule has 152 valence electrons. The van der Waals surface area contributed by atoms with Crippen molar-refractivity contribution in [2.24, 2.45) is 0 Å². The Morgan fingerprint density at radius 2 is 1.50 bits per heavy atom. The molecule has 0 aromatic carbocycles. The van der Waals surface area contributed by atoms with Crippen LogP contribution in [0.1, 0.15) is 12.8 Å². The fourth-order valence-electron chi connectivity index (χ4n) is 2.06. The van der Waals surface area contributed by atoms with Crippen molar-refractivity contribution >= 4 is 11.9 Å². The molecule has 1 saturated heterocycles. The molecule has 0 amide bonds. The summed E-state index contributed by atoms with van der Waals surface area (Å²) in [7, 11) is 0. The zero-order chi connectivity index (χ0) is 19.9. The number of hydrogen-bond donors (Lipinski definition) is 7. The van der Waals surface area contributed by atoms with E-state index in [1.54, 1.807) is 0 Å². The van der Waals surface area contributed by atoms with Crippen LogP contribution in [0.15, 0.2) is 0 Å². The number of carbonyl (C=O) groups is 2. The van der Waals surface area contributed by atoms with Gasteiger partial charge in [0, 0.05) is 0 Å². The zero-order valence-electron chi connectivity index (χ0n) is 13.5. The van der Waals surface area contributed by atoms with Gasteiger partial charge in [-0.25, -0.2) is 20.9 Å². The van der Waals surface area contributed by atoms with E-state index in [0.717, 1.165) is 0 Å². The number of aliphatic hydroxyl groups is 3. The van der Waals surface area contributed by atoms with E-state index in [2.05, 4.69) is 0 Å². The number of quaternary nitrogens is 2. The van der Waals surface area contributed by atoms with Gasteiger partial charge in [-0.1, -0.05) is 0 Å². The van der Waals surface area contributed by atoms with Crippen molar-refractivity contribution in [2.75, 3.05) is 19.7 Å². The molecular formula is C12H22N2O12. The molecule has 7 N–H and O–H groups in total. The van der Waals surface area contributed by atoms with Gasteiger partial charge in [-0.3, -0.25) is 9.59 Å². The third kappa shape index (κ3) is 7.42. The van der Waals surface area contributed by atoms with Gasteiger partial charge in [-0.15, -0.1) is 0 Å². The van der Waals surface area contributed by atoms with Crippen LogP contribution in [0.3, 0.4) is 0 Å². The minimum atomic E-state index is -1.86. The van der Waals surface area contributed by atoms with E-state index in [1.165, 1.54) is 0 Å². The van der Waals surface area contributed by atoms with Gasteiger partial charge in [0.2, 0.25) is 0 Å². The van der Waals surface area contributed by atoms with Gasteiger partial charge in [0.15, 0.2) is 12.4 Å². The molecule has 1 aliphatic rings. The van der Waals surface area contributed by atoms with Crippen LogP contribution in [-0.4, -0.2) is 88.1 Å². The Kier molecular flexibility index (Phi) is 9.23. The van der Waals surface area contributed by atoms with Crippen molar-refractivity contribution in [3.8, 4) is 0 Å². The van der Waals surface area contributed by atoms with Gasteiger partial charge < -0.3 is 39.9 Å². The molecule has 1 aliphatic heterocycles. The third-order valence-corrected chi connectivity index (χ3v) is 3.42. The quantitative estimate of drug-likeness (QED) is 0.146. The van der Waals surface area contributed by atoms with Crippen LogP contribution < -0.4 is 10.5 Å². The van der Waals surface area contributed by atoms with Crippen molar-refractivity contribution in [3.05, 3.63) is 10.4 Å². The molecule has 0 radical (unpaired) electrons. The van der Waals surface area contributed by atoms with Gasteiger partial charge in [0.1, 0.15) is 38.0 Å². The van der Waals surface area contributed by atoms with E-state index in [-0.39, 0.29) is 0 Å². The Morgan fingerprint density at radius 1 is 0.962 bits per heavy atom. The zero-order valence-corrected chi connectivity index (χ0v) is 13.5. The lowest BCUT2D eigenvalue weighted by Gasteiger charge is -2.39. The maximum absolute atomic E-state index is 11.5. The summed E-state index contributed by atoms with van der Waals surface area (Å²) < 4.78 is 14.4. The van der Waals surface area contributed by atoms with Crippen LogP contribution in [0, 0.1) is 10.4 Å². The molecule has 0 aromatic heterocycles. The molecule has 0 aliphatic carbocycles. The molecule has 1 heterocycles. The van der Waals surface area contributed by atoms with Crippen molar-refractivity contribution in [3.63, 3.8) is 0 Å². The summed E-state index contributed by atoms with van der Waals surface area (Å²) in [4.78, 5) is 22.8. The summed E-state index contributed by atoms with van der Waals surface area (Å²) in [5.74, 6) is -1.90. The van der Waals surface area contributed by atoms with Gasteiger partial charge in [-0.05, 0) is 0 Å². The molecule has 26 heavy (non-hydrogen) atoms. The van der Waals surface area contributed by atoms with Crippen LogP contribution in [0.5, 0.6) is 0 Å². The largest absolute Gasteiger partial charge is 0.600 e. The summed E-state index contributed by atoms with van der Waals surface area (Å²) in [6.45, 7) is -1.55. The van der Waals surface area contributed by atoms with Gasteiger partial charge in [0.25, 0.3) is 0 Å². The Balaban J connectivity index is 2.49. The summed E-state index contributed by atoms with van der Waals surface area (Å²) in [5, 5.41) is 64.9. The SMILES string of the molecule is O=C(CC[NH+]([O-])O)OC[C@H]1O[C@@H](O)[C@H](OC(=O)CC[NH+]([O-])O)[C@@H](O)[C@@H]1O. The summed E-state index contributed by atoms with van der Waals surface area (Å²) in [6.07, 6.45) is -9.25. The Hall–Kier alpha value is -1.46. The summed E-state index contributed by atoms with van der Waals surface area (Å²) in [5.41, 5.74) is 0. The van der Waals surface area contributed by atoms with Gasteiger partial charge in [-0.2, -0.15) is 0 Å². The number of nitrogens with one attached hydrogen (secondary N) is 2. The monoisotopic (exact) mass is 386 g/mol. The van der Waals surface area contributed by atoms with Crippen molar-refractivity contribution in [1.29, 1.82) is 0 Å². The van der Waals surface area contributed by atoms with Crippen LogP contribution in [0.2, 0.25) is 0 Å². The average Bonchev–Trinajstić information content (AvgIpc) is 2.56. The molecule has 0 saturated carbocycles. The maximum atomic E-state index is 11.5. The highest BCUT2D eigenvalue weighted by Crippen LogP contribution is 2.23. The Bertz CT molecular complexity index is 459. The second-order valence-corrected chi connectivity index (χ2v) is 5.47. The van der Waals surface area contributed by atoms with E-state index in [1.807, 2.05) is 0 Å². The minimum Gasteiger partial charge on any atom is -0.600 e. The molecule has 7 atom stereocenters. The Morgan fingerprint density at radius 3 is 2.04 bits per heavy atom. The maximum Gasteiger partial charge on any atom is 0.312 e. The van der Waals surface area contributed by atoms with E-state index in [0.29, 0.717) is 0 Å². The second-order valence-electron chi connectivity index (χ2n) is 5.47. The predicted octanol–water partition coefficient (Wildman–Crippen LogP) is -5.80. The van der Waals surface area contributed by atoms with Crippen LogP contribution in [0.4, 0.5) is 0 Å². The minimum absolute atomic E-state index is 0.410. The highest BCUT2D eigenvalue weighted by molar-refractivity contribution is 5.70. The second kappa shape index (κ2) is 10.6. The number of rotatable bonds is 9. The third-order valence-electron chi connectivity index (χ3n) is 3.42. The van der Waals surface area contributed by atoms with Gasteiger partial charge >= 0.3 is 11.9 Å². The molecule has 1 rings (SSSR count). The number of esters is 2. The summed E-state index contributed by atoms with van der Waals surface area (Å²) >= 11 is 0. The number of hydrogen-bond acceptors (Lipinski definition) is 12. The molecule has 0 bridgehead atoms. The topological polar surface area (TPSA) is 218 Å². The molecule has 1 fully saturated rings. The first-order valence-electron chi connectivity index (χ1n) is 7.60. The highest BCUT2D eigenvalue weighted by atomic mass is 16.8. The summed E-state index contributed by atoms with van der Waals surface area (Å²) in [6, 6.07) is 0. The lowest BCUT2D eigenvalue weighted by atomic mass is 9.99. The fraction of sp³-hybridized carbons (Fsp3) is 0.833. The standard InChI is InChI=1S/C12H22N2O12/c15-7(1-3-13(20)21)24-5-6-9(17)10(18)11(12(19)25-6)26-8(16)2-4-14(22)23/h6,9-14,17-20,22H,1-5H2/t6-,9-,10+,11-,12-/m1/s1. The number of ether oxygens (including phenoxy) is 3. The van der Waals surface area contributed by atoms with Crippen LogP contribution in [0.25, 0.3) is 0 Å². The number of hydroxylamine groups is 4. The van der Waals surface area contributed by atoms with E-state index < -0.39 is 85.6 Å². The Labute approximate surface area is 146 Å². The lowest BCUT2D eigenvalue weighted by Crippen LogP contribution is -3.04. The van der Waals surface area contributed by atoms with E-state index in [4.69, 9.17) is 24.6 Å². The highest BCUT2D eigenvalue weighted by Gasteiger charge is 2.46. The van der Waals surface area contributed by atoms with Gasteiger partial charge in [0.05, 0.1) is 12.8 Å². The van der Waals surface area contributed by atoms with E-state index >= 15 is 0 Å². The smallest absolute Gasteiger partial charge is 0.312 e. The van der Waals surface area contributed by atoms with Crippen molar-refractivity contribution in [2.45, 2.75) is 43.5 Å². The van der Waals surface area contributed by atoms with Crippen molar-refractivity contribution < 1.29 is 60.0 Å². The molecule has 14 heteroatoms. The number of carbonyl (C=O) groups excluding carboxylic acids is 2. The molecular weight excluding hydrogens is 364 g/mol. The van der Waals surface area contributed by atoms with Crippen LogP contribution in [-0.2, 0) is 23.8 Å². The fourth-order valence-corrected chi connectivity index (χ4v) is 2.06. The molecule has 0 spiro atoms. The first-order chi connectivity index (χ1) is 12.1. The lowest BCUT2D eigenvalue weighted by molar-refractivity contribution is -1.05. The van der Waals surface area contributed by atoms with Crippen molar-refractivity contribution in [1.82, 2.24) is 0 Å². The average molecular weight is 386 g/mol. The predicted molar refractivity (Wildman–Crippen MR) is 74.9 cm³/mol. The normalized spacial score (nSPS) is 31.1. The van der Waals surface area contributed by atoms with E-state index in [9.17, 15) is 35.3 Å². The molecule has 0 aromatic rings. The molecule has 14 nitrogen and oxygen atoms in total. The molecule has 2 unspecified atom stereocenters. The number of aliphatic hydroxyl groups excluding tert-OH is 3. The van der Waals surface area contributed by atoms with Crippen LogP contribution >= 0.6 is 0 Å². The first kappa shape index (κ1) is 22.6. The first-order valence-corrected chi connectivity index (χ1v) is 7.60.